The van der Waals surface area contributed by atoms with E-state index in [0.29, 0.717) is 5.75 Å². The third-order valence-electron chi connectivity index (χ3n) is 4.42. The van der Waals surface area contributed by atoms with Gasteiger partial charge >= 0.3 is 0 Å². The van der Waals surface area contributed by atoms with Crippen LogP contribution in [0, 0.1) is 5.82 Å². The summed E-state index contributed by atoms with van der Waals surface area (Å²) in [6, 6.07) is 15.7. The lowest BCUT2D eigenvalue weighted by Gasteiger charge is -2.05. The number of phenols is 1. The van der Waals surface area contributed by atoms with Gasteiger partial charge in [-0.3, -0.25) is 4.98 Å². The molecule has 0 aliphatic carbocycles. The van der Waals surface area contributed by atoms with Crippen LogP contribution < -0.4 is 0 Å². The van der Waals surface area contributed by atoms with Crippen molar-refractivity contribution in [3.05, 3.63) is 78.4 Å². The second-order valence-corrected chi connectivity index (χ2v) is 8.14. The van der Waals surface area contributed by atoms with Gasteiger partial charge in [-0.25, -0.2) is 9.37 Å². The molecule has 2 aromatic carbocycles. The van der Waals surface area contributed by atoms with Crippen LogP contribution in [-0.4, -0.2) is 26.3 Å². The highest BCUT2D eigenvalue weighted by Crippen LogP contribution is 2.35. The standard InChI is InChI=1S/C22H18FN3OS2/c1-28-18-6-7-19(27)16(12-18)13-29-22-25-20(14-2-4-17(23)5-3-14)21(26-22)15-8-10-24-11-9-15/h2-12,27H,13H2,1H3,(H,25,26). The van der Waals surface area contributed by atoms with E-state index in [1.807, 2.05) is 30.5 Å². The lowest BCUT2D eigenvalue weighted by atomic mass is 10.1. The van der Waals surface area contributed by atoms with Gasteiger partial charge in [-0.1, -0.05) is 11.8 Å². The number of rotatable bonds is 6. The second-order valence-electron chi connectivity index (χ2n) is 6.29. The van der Waals surface area contributed by atoms with Crippen molar-refractivity contribution in [1.29, 1.82) is 0 Å². The van der Waals surface area contributed by atoms with E-state index in [4.69, 9.17) is 4.98 Å². The molecule has 0 unspecified atom stereocenters. The second kappa shape index (κ2) is 8.71. The number of aromatic hydroxyl groups is 1. The number of benzene rings is 2. The Morgan fingerprint density at radius 3 is 2.48 bits per heavy atom. The van der Waals surface area contributed by atoms with Gasteiger partial charge in [-0.15, -0.1) is 11.8 Å². The van der Waals surface area contributed by atoms with Crippen molar-refractivity contribution >= 4 is 23.5 Å². The fourth-order valence-electron chi connectivity index (χ4n) is 2.91. The molecule has 0 aliphatic rings. The summed E-state index contributed by atoms with van der Waals surface area (Å²) in [5.41, 5.74) is 4.23. The maximum absolute atomic E-state index is 13.4. The first kappa shape index (κ1) is 19.5. The minimum absolute atomic E-state index is 0.273. The van der Waals surface area contributed by atoms with E-state index in [9.17, 15) is 9.50 Å². The summed E-state index contributed by atoms with van der Waals surface area (Å²) in [4.78, 5) is 13.3. The zero-order valence-corrected chi connectivity index (χ0v) is 17.2. The van der Waals surface area contributed by atoms with Crippen molar-refractivity contribution in [3.63, 3.8) is 0 Å². The van der Waals surface area contributed by atoms with Crippen LogP contribution in [0.2, 0.25) is 0 Å². The molecular weight excluding hydrogens is 405 g/mol. The molecule has 0 atom stereocenters. The predicted octanol–water partition coefficient (Wildman–Crippen LogP) is 6.00. The van der Waals surface area contributed by atoms with Gasteiger partial charge in [0.15, 0.2) is 5.16 Å². The molecule has 4 aromatic rings. The van der Waals surface area contributed by atoms with Crippen molar-refractivity contribution in [3.8, 4) is 28.3 Å². The van der Waals surface area contributed by atoms with E-state index >= 15 is 0 Å². The van der Waals surface area contributed by atoms with Crippen LogP contribution in [0.25, 0.3) is 22.5 Å². The Morgan fingerprint density at radius 2 is 1.76 bits per heavy atom. The van der Waals surface area contributed by atoms with Gasteiger partial charge in [0.25, 0.3) is 0 Å². The maximum atomic E-state index is 13.4. The SMILES string of the molecule is CSc1ccc(O)c(CSc2nc(-c3ccncc3)c(-c3ccc(F)cc3)[nH]2)c1. The quantitative estimate of drug-likeness (QED) is 0.373. The van der Waals surface area contributed by atoms with Crippen molar-refractivity contribution < 1.29 is 9.50 Å². The van der Waals surface area contributed by atoms with E-state index in [-0.39, 0.29) is 11.6 Å². The first-order chi connectivity index (χ1) is 14.1. The van der Waals surface area contributed by atoms with Crippen molar-refractivity contribution in [2.75, 3.05) is 6.26 Å². The molecule has 0 fully saturated rings. The Morgan fingerprint density at radius 1 is 1.00 bits per heavy atom. The number of phenolic OH excluding ortho intramolecular Hbond substituents is 1. The average Bonchev–Trinajstić information content (AvgIpc) is 3.18. The number of halogens is 1. The summed E-state index contributed by atoms with van der Waals surface area (Å²) in [6.07, 6.45) is 5.44. The molecule has 0 saturated carbocycles. The van der Waals surface area contributed by atoms with Crippen LogP contribution in [0.3, 0.4) is 0 Å². The van der Waals surface area contributed by atoms with Gasteiger partial charge in [0.1, 0.15) is 11.6 Å². The summed E-state index contributed by atoms with van der Waals surface area (Å²) < 4.78 is 13.4. The van der Waals surface area contributed by atoms with E-state index in [1.54, 1.807) is 42.4 Å². The van der Waals surface area contributed by atoms with Gasteiger partial charge < -0.3 is 10.1 Å². The van der Waals surface area contributed by atoms with Crippen LogP contribution in [-0.2, 0) is 5.75 Å². The number of H-pyrrole nitrogens is 1. The largest absolute Gasteiger partial charge is 0.508 e. The fourth-order valence-corrected chi connectivity index (χ4v) is 4.23. The molecule has 7 heteroatoms. The molecule has 4 nitrogen and oxygen atoms in total. The number of imidazole rings is 1. The highest BCUT2D eigenvalue weighted by atomic mass is 32.2. The van der Waals surface area contributed by atoms with Crippen LogP contribution in [0.1, 0.15) is 5.56 Å². The number of nitrogens with one attached hydrogen (secondary N) is 1. The molecule has 0 saturated heterocycles. The summed E-state index contributed by atoms with van der Waals surface area (Å²) in [5, 5.41) is 10.9. The van der Waals surface area contributed by atoms with E-state index < -0.39 is 0 Å². The van der Waals surface area contributed by atoms with Crippen LogP contribution >= 0.6 is 23.5 Å². The lowest BCUT2D eigenvalue weighted by Crippen LogP contribution is -1.85. The van der Waals surface area contributed by atoms with Crippen LogP contribution in [0.5, 0.6) is 5.75 Å². The number of hydrogen-bond donors (Lipinski definition) is 2. The zero-order chi connectivity index (χ0) is 20.2. The molecule has 2 aromatic heterocycles. The van der Waals surface area contributed by atoms with E-state index in [0.717, 1.165) is 38.1 Å². The number of aromatic amines is 1. The van der Waals surface area contributed by atoms with Crippen LogP contribution in [0.4, 0.5) is 4.39 Å². The first-order valence-electron chi connectivity index (χ1n) is 8.89. The van der Waals surface area contributed by atoms with Crippen molar-refractivity contribution in [2.45, 2.75) is 15.8 Å². The topological polar surface area (TPSA) is 61.8 Å². The van der Waals surface area contributed by atoms with Gasteiger partial charge in [-0.05, 0) is 60.9 Å². The van der Waals surface area contributed by atoms with E-state index in [2.05, 4.69) is 9.97 Å². The Hall–Kier alpha value is -2.77. The third-order valence-corrected chi connectivity index (χ3v) is 6.07. The maximum Gasteiger partial charge on any atom is 0.166 e. The van der Waals surface area contributed by atoms with Crippen molar-refractivity contribution in [1.82, 2.24) is 15.0 Å². The third kappa shape index (κ3) is 4.46. The number of pyridine rings is 1. The minimum atomic E-state index is -0.280. The van der Waals surface area contributed by atoms with Gasteiger partial charge in [0.05, 0.1) is 11.4 Å². The molecule has 2 N–H and O–H groups in total. The molecule has 2 heterocycles. The predicted molar refractivity (Wildman–Crippen MR) is 117 cm³/mol. The monoisotopic (exact) mass is 423 g/mol. The lowest BCUT2D eigenvalue weighted by molar-refractivity contribution is 0.470. The number of thioether (sulfide) groups is 2. The molecule has 4 rings (SSSR count). The molecule has 0 amide bonds. The summed E-state index contributed by atoms with van der Waals surface area (Å²) in [7, 11) is 0. The number of hydrogen-bond acceptors (Lipinski definition) is 5. The van der Waals surface area contributed by atoms with Gasteiger partial charge in [-0.2, -0.15) is 0 Å². The zero-order valence-electron chi connectivity index (χ0n) is 15.6. The highest BCUT2D eigenvalue weighted by Gasteiger charge is 2.15. The van der Waals surface area contributed by atoms with Crippen LogP contribution in [0.15, 0.2) is 77.0 Å². The Bertz CT molecular complexity index is 1110. The molecule has 0 radical (unpaired) electrons. The van der Waals surface area contributed by atoms with Gasteiger partial charge in [0.2, 0.25) is 0 Å². The number of nitrogens with zero attached hydrogens (tertiary/aromatic N) is 2. The fraction of sp³-hybridized carbons (Fsp3) is 0.0909. The smallest absolute Gasteiger partial charge is 0.166 e. The Labute approximate surface area is 176 Å². The normalized spacial score (nSPS) is 11.0. The molecule has 146 valence electrons. The molecular formula is C22H18FN3OS2. The van der Waals surface area contributed by atoms with E-state index in [1.165, 1.54) is 23.9 Å². The molecule has 0 aliphatic heterocycles. The molecule has 29 heavy (non-hydrogen) atoms. The molecule has 0 bridgehead atoms. The summed E-state index contributed by atoms with van der Waals surface area (Å²) in [5.74, 6) is 0.569. The minimum Gasteiger partial charge on any atom is -0.508 e. The van der Waals surface area contributed by atoms with Gasteiger partial charge in [0, 0.05) is 39.7 Å². The summed E-state index contributed by atoms with van der Waals surface area (Å²) in [6.45, 7) is 0. The average molecular weight is 424 g/mol. The Balaban J connectivity index is 1.67. The number of aromatic nitrogens is 3. The Kier molecular flexibility index (Phi) is 5.87. The molecule has 0 spiro atoms. The van der Waals surface area contributed by atoms with Crippen molar-refractivity contribution in [2.24, 2.45) is 0 Å². The highest BCUT2D eigenvalue weighted by molar-refractivity contribution is 7.98. The summed E-state index contributed by atoms with van der Waals surface area (Å²) >= 11 is 3.14. The first-order valence-corrected chi connectivity index (χ1v) is 11.1.